The van der Waals surface area contributed by atoms with Crippen LogP contribution in [0.3, 0.4) is 0 Å². The van der Waals surface area contributed by atoms with Crippen LogP contribution < -0.4 is 5.32 Å². The molecule has 10 nitrogen and oxygen atoms in total. The molecular formula is C22H20FN7O3. The number of aromatic nitrogens is 5. The fourth-order valence-corrected chi connectivity index (χ4v) is 3.69. The van der Waals surface area contributed by atoms with Gasteiger partial charge in [0.25, 0.3) is 11.8 Å². The first-order chi connectivity index (χ1) is 15.9. The Morgan fingerprint density at radius 2 is 2.03 bits per heavy atom. The smallest absolute Gasteiger partial charge is 0.274 e. The number of carbonyl (C=O) groups excluding carboxylic acids is 2. The van der Waals surface area contributed by atoms with Crippen LogP contribution in [0.1, 0.15) is 20.8 Å². The van der Waals surface area contributed by atoms with Crippen LogP contribution in [0, 0.1) is 5.82 Å². The van der Waals surface area contributed by atoms with Crippen molar-refractivity contribution in [2.75, 3.05) is 25.5 Å². The lowest BCUT2D eigenvalue weighted by molar-refractivity contribution is -0.0192. The Labute approximate surface area is 187 Å². The third kappa shape index (κ3) is 3.82. The molecule has 1 saturated heterocycles. The first-order valence-electron chi connectivity index (χ1n) is 10.2. The largest absolute Gasteiger partial charge is 0.378 e. The van der Waals surface area contributed by atoms with E-state index in [1.54, 1.807) is 49.5 Å². The molecule has 1 N–H and O–H groups in total. The summed E-state index contributed by atoms with van der Waals surface area (Å²) >= 11 is 0. The van der Waals surface area contributed by atoms with Crippen LogP contribution in [-0.2, 0) is 11.8 Å². The molecule has 1 aliphatic rings. The van der Waals surface area contributed by atoms with Crippen molar-refractivity contribution in [3.05, 3.63) is 65.9 Å². The van der Waals surface area contributed by atoms with E-state index in [9.17, 15) is 14.0 Å². The molecule has 0 spiro atoms. The van der Waals surface area contributed by atoms with Gasteiger partial charge in [-0.2, -0.15) is 5.10 Å². The van der Waals surface area contributed by atoms with Gasteiger partial charge in [-0.15, -0.1) is 5.10 Å². The van der Waals surface area contributed by atoms with Crippen molar-refractivity contribution in [2.24, 2.45) is 7.05 Å². The summed E-state index contributed by atoms with van der Waals surface area (Å²) in [6.07, 6.45) is 3.04. The van der Waals surface area contributed by atoms with E-state index in [0.29, 0.717) is 35.8 Å². The van der Waals surface area contributed by atoms with Gasteiger partial charge in [-0.1, -0.05) is 12.1 Å². The number of methoxy groups -OCH3 is 1. The van der Waals surface area contributed by atoms with E-state index in [1.165, 1.54) is 27.5 Å². The van der Waals surface area contributed by atoms with Gasteiger partial charge in [-0.05, 0) is 18.2 Å². The molecule has 2 amide bonds. The Bertz CT molecular complexity index is 1370. The molecule has 4 aromatic rings. The molecular weight excluding hydrogens is 429 g/mol. The number of aryl methyl sites for hydroxylation is 1. The topological polar surface area (TPSA) is 107 Å². The Morgan fingerprint density at radius 1 is 1.21 bits per heavy atom. The third-order valence-electron chi connectivity index (χ3n) is 5.53. The van der Waals surface area contributed by atoms with E-state index in [0.717, 1.165) is 0 Å². The number of hydrogen-bond acceptors (Lipinski definition) is 6. The Hall–Kier alpha value is -4.12. The molecule has 3 aromatic heterocycles. The van der Waals surface area contributed by atoms with Crippen LogP contribution in [0.5, 0.6) is 0 Å². The van der Waals surface area contributed by atoms with Crippen LogP contribution in [0.25, 0.3) is 17.0 Å². The second kappa shape index (κ2) is 8.10. The summed E-state index contributed by atoms with van der Waals surface area (Å²) in [6.45, 7) is 0.949. The van der Waals surface area contributed by atoms with Crippen LogP contribution >= 0.6 is 0 Å². The van der Waals surface area contributed by atoms with Gasteiger partial charge in [0, 0.05) is 50.8 Å². The number of nitrogens with zero attached hydrogens (tertiary/aromatic N) is 6. The quantitative estimate of drug-likeness (QED) is 0.500. The van der Waals surface area contributed by atoms with Crippen LogP contribution in [0.2, 0.25) is 0 Å². The molecule has 4 heterocycles. The molecule has 0 bridgehead atoms. The maximum Gasteiger partial charge on any atom is 0.274 e. The molecule has 33 heavy (non-hydrogen) atoms. The third-order valence-corrected chi connectivity index (χ3v) is 5.53. The van der Waals surface area contributed by atoms with Gasteiger partial charge in [-0.3, -0.25) is 14.3 Å². The highest BCUT2D eigenvalue weighted by molar-refractivity contribution is 6.11. The van der Waals surface area contributed by atoms with E-state index in [1.807, 2.05) is 0 Å². The molecule has 0 radical (unpaired) electrons. The highest BCUT2D eigenvalue weighted by Crippen LogP contribution is 2.21. The summed E-state index contributed by atoms with van der Waals surface area (Å²) in [4.78, 5) is 31.9. The number of rotatable bonds is 5. The predicted molar refractivity (Wildman–Crippen MR) is 116 cm³/mol. The number of anilines is 1. The van der Waals surface area contributed by atoms with E-state index >= 15 is 0 Å². The number of hydrogen-bond donors (Lipinski definition) is 1. The number of nitrogens with one attached hydrogen (secondary N) is 1. The lowest BCUT2D eigenvalue weighted by Gasteiger charge is -2.37. The average Bonchev–Trinajstić information content (AvgIpc) is 3.36. The minimum absolute atomic E-state index is 0.00931. The first kappa shape index (κ1) is 20.8. The summed E-state index contributed by atoms with van der Waals surface area (Å²) in [6, 6.07) is 9.31. The maximum absolute atomic E-state index is 13.5. The van der Waals surface area contributed by atoms with Crippen LogP contribution in [0.4, 0.5) is 10.1 Å². The lowest BCUT2D eigenvalue weighted by Crippen LogP contribution is -2.54. The van der Waals surface area contributed by atoms with Crippen molar-refractivity contribution in [1.29, 1.82) is 0 Å². The molecule has 0 unspecified atom stereocenters. The fraction of sp³-hybridized carbons (Fsp3) is 0.227. The molecule has 0 saturated carbocycles. The predicted octanol–water partition coefficient (Wildman–Crippen LogP) is 1.99. The summed E-state index contributed by atoms with van der Waals surface area (Å²) in [5.74, 6) is -0.760. The number of halogens is 1. The lowest BCUT2D eigenvalue weighted by atomic mass is 10.1. The molecule has 11 heteroatoms. The van der Waals surface area contributed by atoms with Gasteiger partial charge >= 0.3 is 0 Å². The highest BCUT2D eigenvalue weighted by atomic mass is 19.1. The number of likely N-dealkylation sites (tertiary alicyclic amines) is 1. The van der Waals surface area contributed by atoms with E-state index < -0.39 is 5.91 Å². The minimum Gasteiger partial charge on any atom is -0.378 e. The summed E-state index contributed by atoms with van der Waals surface area (Å²) in [7, 11) is 3.20. The first-order valence-corrected chi connectivity index (χ1v) is 10.2. The van der Waals surface area contributed by atoms with E-state index in [2.05, 4.69) is 20.5 Å². The van der Waals surface area contributed by atoms with E-state index in [4.69, 9.17) is 4.74 Å². The number of amides is 2. The SMILES string of the molecule is COC1CN(C(=O)c2cnn(C)c2C(=O)Nc2ccn3nc(-c4cccc(F)c4)nc3c2)C1. The number of benzene rings is 1. The molecule has 0 atom stereocenters. The van der Waals surface area contributed by atoms with Crippen molar-refractivity contribution in [1.82, 2.24) is 29.3 Å². The van der Waals surface area contributed by atoms with Crippen LogP contribution in [-0.4, -0.2) is 67.4 Å². The number of fused-ring (bicyclic) bond motifs is 1. The summed E-state index contributed by atoms with van der Waals surface area (Å²) < 4.78 is 21.6. The Kier molecular flexibility index (Phi) is 5.09. The molecule has 168 valence electrons. The van der Waals surface area contributed by atoms with Gasteiger partial charge in [0.15, 0.2) is 11.5 Å². The van der Waals surface area contributed by atoms with Crippen LogP contribution in [0.15, 0.2) is 48.8 Å². The molecule has 5 rings (SSSR count). The monoisotopic (exact) mass is 449 g/mol. The second-order valence-corrected chi connectivity index (χ2v) is 7.72. The molecule has 1 aliphatic heterocycles. The standard InChI is InChI=1S/C22H20FN7O3/c1-28-19(17(10-24-28)22(32)29-11-16(12-29)33-2)21(31)25-15-6-7-30-18(9-15)26-20(27-30)13-4-3-5-14(23)8-13/h3-10,16H,11-12H2,1-2H3,(H,25,31). The molecule has 1 fully saturated rings. The zero-order valence-electron chi connectivity index (χ0n) is 17.9. The normalized spacial score (nSPS) is 13.8. The van der Waals surface area contributed by atoms with E-state index in [-0.39, 0.29) is 29.1 Å². The van der Waals surface area contributed by atoms with Crippen molar-refractivity contribution in [2.45, 2.75) is 6.10 Å². The van der Waals surface area contributed by atoms with Gasteiger partial charge < -0.3 is 15.0 Å². The number of ether oxygens (including phenoxy) is 1. The molecule has 1 aromatic carbocycles. The summed E-state index contributed by atoms with van der Waals surface area (Å²) in [5, 5.41) is 11.2. The maximum atomic E-state index is 13.5. The Morgan fingerprint density at radius 3 is 2.79 bits per heavy atom. The average molecular weight is 449 g/mol. The van der Waals surface area contributed by atoms with Crippen molar-refractivity contribution in [3.8, 4) is 11.4 Å². The highest BCUT2D eigenvalue weighted by Gasteiger charge is 2.34. The number of pyridine rings is 1. The zero-order valence-corrected chi connectivity index (χ0v) is 17.9. The summed E-state index contributed by atoms with van der Waals surface area (Å²) in [5.41, 5.74) is 1.86. The Balaban J connectivity index is 1.37. The molecule has 0 aliphatic carbocycles. The van der Waals surface area contributed by atoms with Gasteiger partial charge in [0.1, 0.15) is 11.5 Å². The van der Waals surface area contributed by atoms with Crippen molar-refractivity contribution < 1.29 is 18.7 Å². The second-order valence-electron chi connectivity index (χ2n) is 7.72. The van der Waals surface area contributed by atoms with Gasteiger partial charge in [0.2, 0.25) is 0 Å². The van der Waals surface area contributed by atoms with Crippen molar-refractivity contribution in [3.63, 3.8) is 0 Å². The number of carbonyl (C=O) groups is 2. The van der Waals surface area contributed by atoms with Gasteiger partial charge in [-0.25, -0.2) is 13.9 Å². The van der Waals surface area contributed by atoms with Crippen molar-refractivity contribution >= 4 is 23.1 Å². The van der Waals surface area contributed by atoms with Gasteiger partial charge in [0.05, 0.1) is 17.9 Å². The fourth-order valence-electron chi connectivity index (χ4n) is 3.69. The minimum atomic E-state index is -0.476. The zero-order chi connectivity index (χ0) is 23.1.